The maximum absolute atomic E-state index is 12.5. The van der Waals surface area contributed by atoms with Crippen molar-refractivity contribution in [2.75, 3.05) is 19.7 Å². The standard InChI is InChI=1S/C21H22N4O3/c1-15-4-2-6-18(12-15)27-11-8-19-23-20(28-24-19)17-7-10-25(14-17)21(26)16-5-3-9-22-13-16/h2-6,9,12-13,17H,7-8,10-11,14H2,1H3. The summed E-state index contributed by atoms with van der Waals surface area (Å²) in [5.74, 6) is 2.11. The normalized spacial score (nSPS) is 16.3. The molecule has 7 heteroatoms. The molecular weight excluding hydrogens is 356 g/mol. The molecule has 1 amide bonds. The average Bonchev–Trinajstić information content (AvgIpc) is 3.38. The minimum atomic E-state index is -0.0121. The number of aromatic nitrogens is 3. The molecule has 0 bridgehead atoms. The Balaban J connectivity index is 1.30. The molecule has 144 valence electrons. The lowest BCUT2D eigenvalue weighted by atomic mass is 10.1. The second kappa shape index (κ2) is 8.21. The van der Waals surface area contributed by atoms with Crippen LogP contribution in [0, 0.1) is 6.92 Å². The van der Waals surface area contributed by atoms with E-state index in [0.29, 0.717) is 43.4 Å². The van der Waals surface area contributed by atoms with Crippen LogP contribution in [0.15, 0.2) is 53.3 Å². The number of nitrogens with zero attached hydrogens (tertiary/aromatic N) is 4. The molecule has 0 N–H and O–H groups in total. The van der Waals surface area contributed by atoms with E-state index in [1.807, 2.05) is 36.1 Å². The van der Waals surface area contributed by atoms with Crippen molar-refractivity contribution < 1.29 is 14.1 Å². The van der Waals surface area contributed by atoms with Gasteiger partial charge in [-0.2, -0.15) is 4.98 Å². The van der Waals surface area contributed by atoms with Crippen LogP contribution < -0.4 is 4.74 Å². The van der Waals surface area contributed by atoms with Gasteiger partial charge < -0.3 is 14.2 Å². The first kappa shape index (κ1) is 18.2. The fourth-order valence-corrected chi connectivity index (χ4v) is 3.32. The van der Waals surface area contributed by atoms with E-state index in [2.05, 4.69) is 15.1 Å². The van der Waals surface area contributed by atoms with Crippen LogP contribution in [-0.2, 0) is 6.42 Å². The van der Waals surface area contributed by atoms with E-state index in [9.17, 15) is 4.79 Å². The molecule has 1 fully saturated rings. The molecule has 2 aromatic heterocycles. The van der Waals surface area contributed by atoms with Gasteiger partial charge in [0.25, 0.3) is 5.91 Å². The van der Waals surface area contributed by atoms with Crippen molar-refractivity contribution in [1.82, 2.24) is 20.0 Å². The summed E-state index contributed by atoms with van der Waals surface area (Å²) in [6, 6.07) is 11.5. The van der Waals surface area contributed by atoms with E-state index in [0.717, 1.165) is 17.7 Å². The van der Waals surface area contributed by atoms with Crippen molar-refractivity contribution in [2.45, 2.75) is 25.7 Å². The SMILES string of the molecule is Cc1cccc(OCCc2noc(C3CCN(C(=O)c4cccnc4)C3)n2)c1. The van der Waals surface area contributed by atoms with Crippen LogP contribution in [0.4, 0.5) is 0 Å². The van der Waals surface area contributed by atoms with Gasteiger partial charge in [-0.1, -0.05) is 17.3 Å². The van der Waals surface area contributed by atoms with Crippen LogP contribution in [0.25, 0.3) is 0 Å². The summed E-state index contributed by atoms with van der Waals surface area (Å²) in [6.07, 6.45) is 4.64. The number of hydrogen-bond donors (Lipinski definition) is 0. The Kier molecular flexibility index (Phi) is 5.32. The number of ether oxygens (including phenoxy) is 1. The average molecular weight is 378 g/mol. The first-order valence-corrected chi connectivity index (χ1v) is 9.40. The van der Waals surface area contributed by atoms with Gasteiger partial charge in [-0.15, -0.1) is 0 Å². The van der Waals surface area contributed by atoms with Gasteiger partial charge in [0.15, 0.2) is 5.82 Å². The monoisotopic (exact) mass is 378 g/mol. The molecule has 3 heterocycles. The number of benzene rings is 1. The van der Waals surface area contributed by atoms with E-state index < -0.39 is 0 Å². The molecule has 0 aliphatic carbocycles. The second-order valence-electron chi connectivity index (χ2n) is 6.94. The highest BCUT2D eigenvalue weighted by atomic mass is 16.5. The lowest BCUT2D eigenvalue weighted by Gasteiger charge is -2.15. The number of amides is 1. The quantitative estimate of drug-likeness (QED) is 0.656. The zero-order chi connectivity index (χ0) is 19.3. The predicted octanol–water partition coefficient (Wildman–Crippen LogP) is 3.02. The van der Waals surface area contributed by atoms with E-state index in [1.165, 1.54) is 0 Å². The lowest BCUT2D eigenvalue weighted by molar-refractivity contribution is 0.0789. The maximum atomic E-state index is 12.5. The molecule has 1 aliphatic heterocycles. The number of aryl methyl sites for hydroxylation is 1. The van der Waals surface area contributed by atoms with Crippen LogP contribution in [0.3, 0.4) is 0 Å². The lowest BCUT2D eigenvalue weighted by Crippen LogP contribution is -2.28. The summed E-state index contributed by atoms with van der Waals surface area (Å²) in [7, 11) is 0. The number of carbonyl (C=O) groups excluding carboxylic acids is 1. The van der Waals surface area contributed by atoms with Crippen LogP contribution in [0.5, 0.6) is 5.75 Å². The van der Waals surface area contributed by atoms with Crippen molar-refractivity contribution in [1.29, 1.82) is 0 Å². The molecular formula is C21H22N4O3. The molecule has 7 nitrogen and oxygen atoms in total. The molecule has 1 aliphatic rings. The van der Waals surface area contributed by atoms with Crippen LogP contribution in [0.1, 0.15) is 40.0 Å². The molecule has 0 spiro atoms. The molecule has 1 aromatic carbocycles. The molecule has 0 radical (unpaired) electrons. The van der Waals surface area contributed by atoms with Gasteiger partial charge in [-0.05, 0) is 43.2 Å². The Morgan fingerprint density at radius 2 is 2.25 bits per heavy atom. The predicted molar refractivity (Wildman–Crippen MR) is 102 cm³/mol. The van der Waals surface area contributed by atoms with Gasteiger partial charge in [0.05, 0.1) is 18.1 Å². The molecule has 28 heavy (non-hydrogen) atoms. The minimum absolute atomic E-state index is 0.0121. The highest BCUT2D eigenvalue weighted by molar-refractivity contribution is 5.94. The number of carbonyl (C=O) groups is 1. The largest absolute Gasteiger partial charge is 0.493 e. The third kappa shape index (κ3) is 4.19. The molecule has 4 rings (SSSR count). The van der Waals surface area contributed by atoms with E-state index in [1.54, 1.807) is 24.5 Å². The highest BCUT2D eigenvalue weighted by Gasteiger charge is 2.31. The van der Waals surface area contributed by atoms with Gasteiger partial charge in [0, 0.05) is 31.9 Å². The summed E-state index contributed by atoms with van der Waals surface area (Å²) in [5, 5.41) is 4.06. The Morgan fingerprint density at radius 3 is 3.07 bits per heavy atom. The topological polar surface area (TPSA) is 81.4 Å². The molecule has 1 saturated heterocycles. The van der Waals surface area contributed by atoms with Crippen molar-refractivity contribution in [3.05, 3.63) is 71.6 Å². The third-order valence-corrected chi connectivity index (χ3v) is 4.80. The number of hydrogen-bond acceptors (Lipinski definition) is 6. The summed E-state index contributed by atoms with van der Waals surface area (Å²) >= 11 is 0. The van der Waals surface area contributed by atoms with E-state index in [-0.39, 0.29) is 11.8 Å². The van der Waals surface area contributed by atoms with Crippen LogP contribution in [-0.4, -0.2) is 45.6 Å². The summed E-state index contributed by atoms with van der Waals surface area (Å²) in [4.78, 5) is 22.9. The number of likely N-dealkylation sites (tertiary alicyclic amines) is 1. The van der Waals surface area contributed by atoms with Gasteiger partial charge in [0.2, 0.25) is 5.89 Å². The van der Waals surface area contributed by atoms with Gasteiger partial charge in [0.1, 0.15) is 5.75 Å². The molecule has 0 saturated carbocycles. The first-order valence-electron chi connectivity index (χ1n) is 9.40. The van der Waals surface area contributed by atoms with Gasteiger partial charge in [-0.3, -0.25) is 9.78 Å². The fourth-order valence-electron chi connectivity index (χ4n) is 3.32. The fraction of sp³-hybridized carbons (Fsp3) is 0.333. The summed E-state index contributed by atoms with van der Waals surface area (Å²) in [5.41, 5.74) is 1.76. The third-order valence-electron chi connectivity index (χ3n) is 4.80. The summed E-state index contributed by atoms with van der Waals surface area (Å²) in [6.45, 7) is 3.77. The van der Waals surface area contributed by atoms with Crippen molar-refractivity contribution in [3.63, 3.8) is 0 Å². The van der Waals surface area contributed by atoms with E-state index in [4.69, 9.17) is 9.26 Å². The van der Waals surface area contributed by atoms with Gasteiger partial charge in [-0.25, -0.2) is 0 Å². The first-order chi connectivity index (χ1) is 13.7. The van der Waals surface area contributed by atoms with Crippen molar-refractivity contribution in [2.24, 2.45) is 0 Å². The number of pyridine rings is 1. The summed E-state index contributed by atoms with van der Waals surface area (Å²) < 4.78 is 11.2. The molecule has 3 aromatic rings. The second-order valence-corrected chi connectivity index (χ2v) is 6.94. The number of rotatable bonds is 6. The molecule has 1 atom stereocenters. The molecule has 1 unspecified atom stereocenters. The highest BCUT2D eigenvalue weighted by Crippen LogP contribution is 2.27. The van der Waals surface area contributed by atoms with Crippen molar-refractivity contribution in [3.8, 4) is 5.75 Å². The van der Waals surface area contributed by atoms with Gasteiger partial charge >= 0.3 is 0 Å². The Bertz CT molecular complexity index is 942. The Hall–Kier alpha value is -3.22. The smallest absolute Gasteiger partial charge is 0.255 e. The minimum Gasteiger partial charge on any atom is -0.493 e. The Morgan fingerprint density at radius 1 is 1.32 bits per heavy atom. The van der Waals surface area contributed by atoms with Crippen LogP contribution in [0.2, 0.25) is 0 Å². The van der Waals surface area contributed by atoms with Crippen LogP contribution >= 0.6 is 0 Å². The van der Waals surface area contributed by atoms with E-state index >= 15 is 0 Å². The van der Waals surface area contributed by atoms with Crippen molar-refractivity contribution >= 4 is 5.91 Å². The zero-order valence-electron chi connectivity index (χ0n) is 15.7. The zero-order valence-corrected chi connectivity index (χ0v) is 15.7. The Labute approximate surface area is 163 Å². The maximum Gasteiger partial charge on any atom is 0.255 e.